The summed E-state index contributed by atoms with van der Waals surface area (Å²) in [6.07, 6.45) is 8.81. The molecule has 0 saturated heterocycles. The SMILES string of the molecule is C#CCN(Cc1ccc(F)cc1)C(=O)CSCc1ccncc1. The predicted molar refractivity (Wildman–Crippen MR) is 91.0 cm³/mol. The van der Waals surface area contributed by atoms with Gasteiger partial charge in [0.2, 0.25) is 5.91 Å². The average molecular weight is 328 g/mol. The van der Waals surface area contributed by atoms with Gasteiger partial charge >= 0.3 is 0 Å². The number of pyridine rings is 1. The van der Waals surface area contributed by atoms with Crippen molar-refractivity contribution in [3.05, 3.63) is 65.7 Å². The van der Waals surface area contributed by atoms with Gasteiger partial charge in [0.25, 0.3) is 0 Å². The lowest BCUT2D eigenvalue weighted by Gasteiger charge is -2.20. The highest BCUT2D eigenvalue weighted by Crippen LogP contribution is 2.13. The van der Waals surface area contributed by atoms with Crippen LogP contribution in [0.2, 0.25) is 0 Å². The normalized spacial score (nSPS) is 10.1. The number of halogens is 1. The Morgan fingerprint density at radius 3 is 2.52 bits per heavy atom. The van der Waals surface area contributed by atoms with Gasteiger partial charge in [-0.2, -0.15) is 0 Å². The topological polar surface area (TPSA) is 33.2 Å². The lowest BCUT2D eigenvalue weighted by atomic mass is 10.2. The Balaban J connectivity index is 1.87. The van der Waals surface area contributed by atoms with E-state index >= 15 is 0 Å². The van der Waals surface area contributed by atoms with Gasteiger partial charge in [-0.1, -0.05) is 18.1 Å². The molecule has 0 fully saturated rings. The van der Waals surface area contributed by atoms with Crippen LogP contribution in [0.15, 0.2) is 48.8 Å². The van der Waals surface area contributed by atoms with Crippen molar-refractivity contribution >= 4 is 17.7 Å². The van der Waals surface area contributed by atoms with E-state index in [1.165, 1.54) is 23.9 Å². The van der Waals surface area contributed by atoms with Crippen molar-refractivity contribution in [2.45, 2.75) is 12.3 Å². The number of benzene rings is 1. The van der Waals surface area contributed by atoms with Gasteiger partial charge in [-0.05, 0) is 35.4 Å². The Morgan fingerprint density at radius 2 is 1.87 bits per heavy atom. The minimum atomic E-state index is -0.295. The van der Waals surface area contributed by atoms with E-state index in [0.717, 1.165) is 16.9 Å². The third kappa shape index (κ3) is 5.76. The van der Waals surface area contributed by atoms with E-state index in [0.29, 0.717) is 12.3 Å². The summed E-state index contributed by atoms with van der Waals surface area (Å²) >= 11 is 1.53. The highest BCUT2D eigenvalue weighted by molar-refractivity contribution is 7.99. The zero-order valence-corrected chi connectivity index (χ0v) is 13.4. The molecule has 1 heterocycles. The average Bonchev–Trinajstić information content (AvgIpc) is 2.57. The first kappa shape index (κ1) is 17.0. The summed E-state index contributed by atoms with van der Waals surface area (Å²) in [6.45, 7) is 0.630. The second-order valence-corrected chi connectivity index (χ2v) is 5.91. The number of thioether (sulfide) groups is 1. The maximum atomic E-state index is 12.9. The molecule has 1 aromatic carbocycles. The lowest BCUT2D eigenvalue weighted by Crippen LogP contribution is -2.32. The fraction of sp³-hybridized carbons (Fsp3) is 0.222. The number of amides is 1. The molecule has 0 aliphatic carbocycles. The fourth-order valence-electron chi connectivity index (χ4n) is 1.98. The highest BCUT2D eigenvalue weighted by Gasteiger charge is 2.13. The quantitative estimate of drug-likeness (QED) is 0.732. The Bertz CT molecular complexity index is 668. The number of terminal acetylenes is 1. The number of hydrogen-bond donors (Lipinski definition) is 0. The standard InChI is InChI=1S/C18H17FN2OS/c1-2-11-21(12-15-3-5-17(19)6-4-15)18(22)14-23-13-16-7-9-20-10-8-16/h1,3-10H,11-14H2. The van der Waals surface area contributed by atoms with Crippen molar-refractivity contribution in [3.63, 3.8) is 0 Å². The summed E-state index contributed by atoms with van der Waals surface area (Å²) in [5, 5.41) is 0. The maximum Gasteiger partial charge on any atom is 0.233 e. The van der Waals surface area contributed by atoms with Crippen LogP contribution in [0.1, 0.15) is 11.1 Å². The minimum Gasteiger partial charge on any atom is -0.327 e. The lowest BCUT2D eigenvalue weighted by molar-refractivity contribution is -0.128. The molecule has 2 rings (SSSR count). The van der Waals surface area contributed by atoms with Crippen LogP contribution in [0.4, 0.5) is 4.39 Å². The van der Waals surface area contributed by atoms with Crippen LogP contribution in [0.5, 0.6) is 0 Å². The molecular weight excluding hydrogens is 311 g/mol. The van der Waals surface area contributed by atoms with Gasteiger partial charge < -0.3 is 4.90 Å². The van der Waals surface area contributed by atoms with E-state index in [2.05, 4.69) is 10.9 Å². The molecule has 23 heavy (non-hydrogen) atoms. The molecule has 3 nitrogen and oxygen atoms in total. The van der Waals surface area contributed by atoms with Gasteiger partial charge in [-0.25, -0.2) is 4.39 Å². The summed E-state index contributed by atoms with van der Waals surface area (Å²) in [5.74, 6) is 3.28. The van der Waals surface area contributed by atoms with E-state index in [9.17, 15) is 9.18 Å². The molecule has 0 saturated carbocycles. The van der Waals surface area contributed by atoms with Crippen LogP contribution in [0, 0.1) is 18.2 Å². The molecule has 0 aliphatic heterocycles. The highest BCUT2D eigenvalue weighted by atomic mass is 32.2. The van der Waals surface area contributed by atoms with Crippen LogP contribution in [-0.4, -0.2) is 28.1 Å². The van der Waals surface area contributed by atoms with Crippen molar-refractivity contribution in [2.24, 2.45) is 0 Å². The van der Waals surface area contributed by atoms with E-state index in [-0.39, 0.29) is 18.3 Å². The zero-order chi connectivity index (χ0) is 16.5. The number of carbonyl (C=O) groups is 1. The second-order valence-electron chi connectivity index (χ2n) is 4.93. The minimum absolute atomic E-state index is 0.0219. The summed E-state index contributed by atoms with van der Waals surface area (Å²) in [5.41, 5.74) is 1.98. The largest absolute Gasteiger partial charge is 0.327 e. The molecule has 0 unspecified atom stereocenters. The monoisotopic (exact) mass is 328 g/mol. The van der Waals surface area contributed by atoms with E-state index < -0.39 is 0 Å². The van der Waals surface area contributed by atoms with Crippen molar-refractivity contribution in [3.8, 4) is 12.3 Å². The third-order valence-electron chi connectivity index (χ3n) is 3.17. The second kappa shape index (κ2) is 8.96. The molecule has 0 aliphatic rings. The van der Waals surface area contributed by atoms with Crippen LogP contribution in [-0.2, 0) is 17.1 Å². The molecule has 0 N–H and O–H groups in total. The molecule has 0 radical (unpaired) electrons. The van der Waals surface area contributed by atoms with Crippen molar-refractivity contribution < 1.29 is 9.18 Å². The smallest absolute Gasteiger partial charge is 0.233 e. The summed E-state index contributed by atoms with van der Waals surface area (Å²) in [4.78, 5) is 17.9. The fourth-order valence-corrected chi connectivity index (χ4v) is 2.87. The molecule has 0 bridgehead atoms. The Labute approximate surface area is 139 Å². The number of rotatable bonds is 7. The van der Waals surface area contributed by atoms with E-state index in [1.807, 2.05) is 12.1 Å². The van der Waals surface area contributed by atoms with Crippen LogP contribution in [0.25, 0.3) is 0 Å². The zero-order valence-electron chi connectivity index (χ0n) is 12.6. The number of hydrogen-bond acceptors (Lipinski definition) is 3. The summed E-state index contributed by atoms with van der Waals surface area (Å²) in [6, 6.07) is 9.94. The number of aromatic nitrogens is 1. The first-order valence-electron chi connectivity index (χ1n) is 7.11. The van der Waals surface area contributed by atoms with Gasteiger partial charge in [0.15, 0.2) is 0 Å². The van der Waals surface area contributed by atoms with Crippen LogP contribution >= 0.6 is 11.8 Å². The molecule has 1 aromatic heterocycles. The molecule has 2 aromatic rings. The Hall–Kier alpha value is -2.32. The molecule has 0 spiro atoms. The van der Waals surface area contributed by atoms with Gasteiger partial charge in [-0.15, -0.1) is 18.2 Å². The van der Waals surface area contributed by atoms with Crippen LogP contribution in [0.3, 0.4) is 0 Å². The van der Waals surface area contributed by atoms with Gasteiger partial charge in [-0.3, -0.25) is 9.78 Å². The molecular formula is C18H17FN2OS. The van der Waals surface area contributed by atoms with Gasteiger partial charge in [0, 0.05) is 24.7 Å². The number of nitrogens with zero attached hydrogens (tertiary/aromatic N) is 2. The van der Waals surface area contributed by atoms with Gasteiger partial charge in [0.1, 0.15) is 5.82 Å². The Morgan fingerprint density at radius 1 is 1.17 bits per heavy atom. The van der Waals surface area contributed by atoms with E-state index in [1.54, 1.807) is 29.4 Å². The first-order chi connectivity index (χ1) is 11.2. The van der Waals surface area contributed by atoms with Gasteiger partial charge in [0.05, 0.1) is 12.3 Å². The van der Waals surface area contributed by atoms with Crippen molar-refractivity contribution in [1.82, 2.24) is 9.88 Å². The maximum absolute atomic E-state index is 12.9. The molecule has 118 valence electrons. The van der Waals surface area contributed by atoms with Crippen molar-refractivity contribution in [2.75, 3.05) is 12.3 Å². The first-order valence-corrected chi connectivity index (χ1v) is 8.27. The predicted octanol–water partition coefficient (Wildman–Crippen LogP) is 3.12. The molecule has 1 amide bonds. The Kier molecular flexibility index (Phi) is 6.64. The number of carbonyl (C=O) groups excluding carboxylic acids is 1. The molecule has 5 heteroatoms. The third-order valence-corrected chi connectivity index (χ3v) is 4.15. The van der Waals surface area contributed by atoms with Crippen LogP contribution < -0.4 is 0 Å². The summed E-state index contributed by atoms with van der Waals surface area (Å²) in [7, 11) is 0. The van der Waals surface area contributed by atoms with Crippen molar-refractivity contribution in [1.29, 1.82) is 0 Å². The van der Waals surface area contributed by atoms with E-state index in [4.69, 9.17) is 6.42 Å². The molecule has 0 atom stereocenters. The summed E-state index contributed by atoms with van der Waals surface area (Å²) < 4.78 is 12.9.